The van der Waals surface area contributed by atoms with Gasteiger partial charge in [-0.05, 0) is 24.3 Å². The third-order valence-electron chi connectivity index (χ3n) is 3.98. The van der Waals surface area contributed by atoms with Gasteiger partial charge in [-0.15, -0.1) is 0 Å². The van der Waals surface area contributed by atoms with Gasteiger partial charge in [0.15, 0.2) is 6.54 Å². The van der Waals surface area contributed by atoms with Crippen molar-refractivity contribution in [2.24, 2.45) is 0 Å². The average molecular weight is 426 g/mol. The zero-order chi connectivity index (χ0) is 16.6. The number of aromatic nitrogens is 1. The van der Waals surface area contributed by atoms with E-state index >= 15 is 0 Å². The first-order chi connectivity index (χ1) is 11.0. The lowest BCUT2D eigenvalue weighted by molar-refractivity contribution is -0.663. The van der Waals surface area contributed by atoms with Gasteiger partial charge in [-0.25, -0.2) is 0 Å². The number of benzene rings is 2. The monoisotopic (exact) mass is 424 g/mol. The number of aryl methyl sites for hydroxylation is 1. The van der Waals surface area contributed by atoms with Gasteiger partial charge >= 0.3 is 0 Å². The predicted molar refractivity (Wildman–Crippen MR) is 96.4 cm³/mol. The summed E-state index contributed by atoms with van der Waals surface area (Å²) < 4.78 is 3.50. The molecule has 24 heavy (non-hydrogen) atoms. The highest BCUT2D eigenvalue weighted by Crippen LogP contribution is 2.25. The van der Waals surface area contributed by atoms with E-state index in [9.17, 15) is 4.79 Å². The van der Waals surface area contributed by atoms with Gasteiger partial charge in [0.25, 0.3) is 0 Å². The van der Waals surface area contributed by atoms with Crippen molar-refractivity contribution in [3.63, 3.8) is 0 Å². The smallest absolute Gasteiger partial charge is 0.235 e. The van der Waals surface area contributed by atoms with Crippen molar-refractivity contribution in [2.75, 3.05) is 11.9 Å². The van der Waals surface area contributed by atoms with E-state index in [1.54, 1.807) is 30.2 Å². The Morgan fingerprint density at radius 1 is 1.21 bits per heavy atom. The van der Waals surface area contributed by atoms with Crippen molar-refractivity contribution in [1.29, 1.82) is 0 Å². The number of carbonyl (C=O) groups is 1. The molecule has 3 aromatic rings. The highest BCUT2D eigenvalue weighted by atomic mass is 79.9. The molecular weight excluding hydrogens is 408 g/mol. The van der Waals surface area contributed by atoms with Crippen molar-refractivity contribution in [3.8, 4) is 0 Å². The third-order valence-corrected chi connectivity index (χ3v) is 5.32. The summed E-state index contributed by atoms with van der Waals surface area (Å²) in [7, 11) is 1.80. The topological polar surface area (TPSA) is 24.2 Å². The molecular formula is C18H18BrClN2OS. The van der Waals surface area contributed by atoms with Crippen molar-refractivity contribution >= 4 is 44.7 Å². The number of halogens is 2. The molecule has 6 heteroatoms. The molecule has 1 aromatic heterocycles. The van der Waals surface area contributed by atoms with Crippen LogP contribution < -0.4 is 26.4 Å². The minimum atomic E-state index is 0. The van der Waals surface area contributed by atoms with Crippen molar-refractivity contribution in [3.05, 3.63) is 58.1 Å². The Hall–Kier alpha value is -1.43. The molecule has 1 amide bonds. The lowest BCUT2D eigenvalue weighted by atomic mass is 10.2. The number of rotatable bonds is 3. The molecule has 0 fully saturated rings. The predicted octanol–water partition coefficient (Wildman–Crippen LogP) is 1.19. The fourth-order valence-corrected chi connectivity index (χ4v) is 3.67. The van der Waals surface area contributed by atoms with Gasteiger partial charge in [0.05, 0.1) is 0 Å². The summed E-state index contributed by atoms with van der Waals surface area (Å²) in [5, 5.41) is 1.98. The zero-order valence-corrected chi connectivity index (χ0v) is 16.9. The van der Waals surface area contributed by atoms with E-state index in [4.69, 9.17) is 11.6 Å². The highest BCUT2D eigenvalue weighted by Gasteiger charge is 2.19. The van der Waals surface area contributed by atoms with Crippen molar-refractivity contribution < 1.29 is 26.3 Å². The van der Waals surface area contributed by atoms with Crippen molar-refractivity contribution in [2.45, 2.75) is 20.4 Å². The van der Waals surface area contributed by atoms with E-state index in [0.717, 1.165) is 22.8 Å². The van der Waals surface area contributed by atoms with Crippen LogP contribution in [0.4, 0.5) is 5.69 Å². The van der Waals surface area contributed by atoms with E-state index in [0.29, 0.717) is 0 Å². The van der Waals surface area contributed by atoms with Crippen LogP contribution >= 0.6 is 22.9 Å². The fourth-order valence-electron chi connectivity index (χ4n) is 2.55. The summed E-state index contributed by atoms with van der Waals surface area (Å²) in [5.74, 6) is 0.0283. The van der Waals surface area contributed by atoms with E-state index in [1.807, 2.05) is 30.3 Å². The van der Waals surface area contributed by atoms with Gasteiger partial charge in [0, 0.05) is 43.2 Å². The van der Waals surface area contributed by atoms with Crippen molar-refractivity contribution in [1.82, 2.24) is 0 Å². The summed E-state index contributed by atoms with van der Waals surface area (Å²) in [6, 6.07) is 14.1. The number of carbonyl (C=O) groups excluding carboxylic acids is 1. The van der Waals surface area contributed by atoms with E-state index < -0.39 is 0 Å². The molecule has 0 bridgehead atoms. The quantitative estimate of drug-likeness (QED) is 0.578. The normalized spacial score (nSPS) is 10.5. The van der Waals surface area contributed by atoms with Crippen LogP contribution in [0.5, 0.6) is 0 Å². The Morgan fingerprint density at radius 2 is 1.88 bits per heavy atom. The van der Waals surface area contributed by atoms with Gasteiger partial charge in [-0.2, -0.15) is 4.57 Å². The summed E-state index contributed by atoms with van der Waals surface area (Å²) in [6.45, 7) is 4.48. The van der Waals surface area contributed by atoms with Gasteiger partial charge in [-0.3, -0.25) is 4.79 Å². The van der Waals surface area contributed by atoms with Crippen LogP contribution in [0.2, 0.25) is 5.02 Å². The molecule has 0 unspecified atom stereocenters. The molecule has 3 rings (SSSR count). The maximum Gasteiger partial charge on any atom is 0.235 e. The molecule has 3 nitrogen and oxygen atoms in total. The fraction of sp³-hybridized carbons (Fsp3) is 0.222. The second kappa shape index (κ2) is 7.64. The summed E-state index contributed by atoms with van der Waals surface area (Å²) in [4.78, 5) is 13.3. The van der Waals surface area contributed by atoms with E-state index in [2.05, 4.69) is 23.6 Å². The standard InChI is InChI=1S/C18H18ClN2OS.BrH/c1-12(22)20(3)16-8-9-18-17(10-16)21(13(2)23-18)11-14-4-6-15(19)7-5-14;/h4-10H,11H2,1-3H3;1H/q+1;/p-1. The molecule has 0 N–H and O–H groups in total. The second-order valence-electron chi connectivity index (χ2n) is 5.56. The number of hydrogen-bond acceptors (Lipinski definition) is 2. The molecule has 0 aliphatic carbocycles. The molecule has 2 aromatic carbocycles. The lowest BCUT2D eigenvalue weighted by Gasteiger charge is -2.13. The largest absolute Gasteiger partial charge is 1.00 e. The Morgan fingerprint density at radius 3 is 2.50 bits per heavy atom. The van der Waals surface area contributed by atoms with Crippen LogP contribution in [-0.4, -0.2) is 13.0 Å². The molecule has 0 atom stereocenters. The molecule has 0 aliphatic rings. The van der Waals surface area contributed by atoms with Gasteiger partial charge in [0.1, 0.15) is 4.70 Å². The van der Waals surface area contributed by atoms with Crippen LogP contribution in [0.15, 0.2) is 42.5 Å². The number of anilines is 1. The first-order valence-electron chi connectivity index (χ1n) is 7.37. The molecule has 0 saturated heterocycles. The zero-order valence-electron chi connectivity index (χ0n) is 13.7. The number of amides is 1. The number of thiazole rings is 1. The van der Waals surface area contributed by atoms with E-state index in [1.165, 1.54) is 15.3 Å². The summed E-state index contributed by atoms with van der Waals surface area (Å²) in [6.07, 6.45) is 0. The summed E-state index contributed by atoms with van der Waals surface area (Å²) in [5.41, 5.74) is 3.26. The first-order valence-corrected chi connectivity index (χ1v) is 8.57. The summed E-state index contributed by atoms with van der Waals surface area (Å²) >= 11 is 7.73. The maximum atomic E-state index is 11.6. The van der Waals surface area contributed by atoms with Gasteiger partial charge in [0.2, 0.25) is 16.4 Å². The van der Waals surface area contributed by atoms with Gasteiger partial charge in [-0.1, -0.05) is 35.1 Å². The van der Waals surface area contributed by atoms with Crippen LogP contribution in [0.25, 0.3) is 10.2 Å². The number of hydrogen-bond donors (Lipinski definition) is 0. The Balaban J connectivity index is 0.00000208. The molecule has 0 radical (unpaired) electrons. The minimum Gasteiger partial charge on any atom is -1.00 e. The van der Waals surface area contributed by atoms with Gasteiger partial charge < -0.3 is 21.9 Å². The average Bonchev–Trinajstić information content (AvgIpc) is 2.84. The van der Waals surface area contributed by atoms with Crippen LogP contribution in [-0.2, 0) is 11.3 Å². The van der Waals surface area contributed by atoms with Crippen LogP contribution in [0, 0.1) is 6.92 Å². The first kappa shape index (κ1) is 18.9. The number of nitrogens with zero attached hydrogens (tertiary/aromatic N) is 2. The Kier molecular flexibility index (Phi) is 6.01. The third kappa shape index (κ3) is 3.79. The molecule has 0 aliphatic heterocycles. The Bertz CT molecular complexity index is 877. The molecule has 0 saturated carbocycles. The highest BCUT2D eigenvalue weighted by molar-refractivity contribution is 7.18. The SMILES string of the molecule is CC(=O)N(C)c1ccc2sc(C)[n+](Cc3ccc(Cl)cc3)c2c1.[Br-]. The van der Waals surface area contributed by atoms with Crippen LogP contribution in [0.1, 0.15) is 17.5 Å². The van der Waals surface area contributed by atoms with Crippen LogP contribution in [0.3, 0.4) is 0 Å². The minimum absolute atomic E-state index is 0. The lowest BCUT2D eigenvalue weighted by Crippen LogP contribution is -3.00. The number of fused-ring (bicyclic) bond motifs is 1. The molecule has 1 heterocycles. The maximum absolute atomic E-state index is 11.6. The van der Waals surface area contributed by atoms with E-state index in [-0.39, 0.29) is 22.9 Å². The molecule has 126 valence electrons. The molecule has 0 spiro atoms. The second-order valence-corrected chi connectivity index (χ2v) is 7.23. The Labute approximate surface area is 161 Å².